The van der Waals surface area contributed by atoms with E-state index in [0.29, 0.717) is 35.2 Å². The fourth-order valence-electron chi connectivity index (χ4n) is 2.39. The maximum atomic E-state index is 12.1. The van der Waals surface area contributed by atoms with Gasteiger partial charge in [0.05, 0.1) is 23.5 Å². The van der Waals surface area contributed by atoms with Gasteiger partial charge in [-0.05, 0) is 47.1 Å². The molecule has 0 spiro atoms. The first-order valence-corrected chi connectivity index (χ1v) is 9.04. The minimum absolute atomic E-state index is 0.294. The molecule has 7 nitrogen and oxygen atoms in total. The molecular weight excluding hydrogens is 410 g/mol. The van der Waals surface area contributed by atoms with Gasteiger partial charge in [0, 0.05) is 4.47 Å². The summed E-state index contributed by atoms with van der Waals surface area (Å²) >= 11 is 3.48. The lowest BCUT2D eigenvalue weighted by Crippen LogP contribution is -2.10. The molecule has 0 amide bonds. The number of ether oxygens (including phenoxy) is 1. The van der Waals surface area contributed by atoms with Gasteiger partial charge >= 0.3 is 5.97 Å². The number of nitrogens with two attached hydrogens (primary N) is 1. The maximum Gasteiger partial charge on any atom is 0.340 e. The average Bonchev–Trinajstić information content (AvgIpc) is 2.67. The highest BCUT2D eigenvalue weighted by Crippen LogP contribution is 2.31. The molecule has 3 rings (SSSR count). The van der Waals surface area contributed by atoms with Crippen LogP contribution in [-0.2, 0) is 4.74 Å². The predicted molar refractivity (Wildman–Crippen MR) is 110 cm³/mol. The van der Waals surface area contributed by atoms with E-state index in [-0.39, 0.29) is 0 Å². The molecule has 0 fully saturated rings. The number of rotatable bonds is 6. The lowest BCUT2D eigenvalue weighted by molar-refractivity contribution is 0.0527. The smallest absolute Gasteiger partial charge is 0.340 e. The molecule has 0 aliphatic heterocycles. The molecule has 0 bridgehead atoms. The molecule has 27 heavy (non-hydrogen) atoms. The number of carbonyl (C=O) groups excluding carboxylic acids is 1. The van der Waals surface area contributed by atoms with E-state index in [0.717, 1.165) is 10.2 Å². The van der Waals surface area contributed by atoms with Gasteiger partial charge in [0.2, 0.25) is 0 Å². The molecule has 0 radical (unpaired) electrons. The number of nitrogens with one attached hydrogen (secondary N) is 2. The summed E-state index contributed by atoms with van der Waals surface area (Å²) in [6.07, 6.45) is 1.39. The number of aromatic nitrogens is 2. The molecule has 2 aromatic carbocycles. The number of para-hydroxylation sites is 2. The number of halogens is 1. The van der Waals surface area contributed by atoms with E-state index in [1.54, 1.807) is 25.1 Å². The molecule has 8 heteroatoms. The van der Waals surface area contributed by atoms with E-state index < -0.39 is 5.97 Å². The molecule has 0 aliphatic rings. The van der Waals surface area contributed by atoms with Crippen molar-refractivity contribution < 1.29 is 9.53 Å². The number of hydrogen-bond donors (Lipinski definition) is 3. The van der Waals surface area contributed by atoms with Gasteiger partial charge in [0.1, 0.15) is 12.0 Å². The second kappa shape index (κ2) is 8.50. The van der Waals surface area contributed by atoms with Crippen LogP contribution < -0.4 is 16.4 Å². The first-order valence-electron chi connectivity index (χ1n) is 8.25. The van der Waals surface area contributed by atoms with E-state index in [2.05, 4.69) is 36.5 Å². The number of benzene rings is 2. The van der Waals surface area contributed by atoms with E-state index in [1.807, 2.05) is 30.3 Å². The van der Waals surface area contributed by atoms with Gasteiger partial charge in [-0.15, -0.1) is 0 Å². The summed E-state index contributed by atoms with van der Waals surface area (Å²) in [5.74, 6) is 0.420. The molecule has 0 atom stereocenters. The van der Waals surface area contributed by atoms with Gasteiger partial charge in [0.15, 0.2) is 11.6 Å². The zero-order valence-corrected chi connectivity index (χ0v) is 16.2. The Morgan fingerprint density at radius 3 is 2.30 bits per heavy atom. The molecule has 0 unspecified atom stereocenters. The third kappa shape index (κ3) is 4.35. The summed E-state index contributed by atoms with van der Waals surface area (Å²) in [5.41, 5.74) is 8.33. The fourth-order valence-corrected chi connectivity index (χ4v) is 2.78. The van der Waals surface area contributed by atoms with Crippen LogP contribution >= 0.6 is 15.9 Å². The van der Waals surface area contributed by atoms with Gasteiger partial charge in [-0.3, -0.25) is 0 Å². The van der Waals surface area contributed by atoms with Crippen molar-refractivity contribution in [1.82, 2.24) is 9.97 Å². The topological polar surface area (TPSA) is 102 Å². The summed E-state index contributed by atoms with van der Waals surface area (Å²) in [6, 6.07) is 14.6. The summed E-state index contributed by atoms with van der Waals surface area (Å²) in [4.78, 5) is 20.5. The Balaban J connectivity index is 1.89. The van der Waals surface area contributed by atoms with Crippen LogP contribution in [0, 0.1) is 0 Å². The van der Waals surface area contributed by atoms with Crippen molar-refractivity contribution in [3.8, 4) is 0 Å². The van der Waals surface area contributed by atoms with Crippen molar-refractivity contribution in [3.63, 3.8) is 0 Å². The largest absolute Gasteiger partial charge is 0.462 e. The second-order valence-corrected chi connectivity index (χ2v) is 6.33. The van der Waals surface area contributed by atoms with E-state index in [1.165, 1.54) is 6.33 Å². The molecule has 1 aromatic heterocycles. The number of esters is 1. The van der Waals surface area contributed by atoms with Crippen molar-refractivity contribution in [2.45, 2.75) is 6.92 Å². The highest BCUT2D eigenvalue weighted by molar-refractivity contribution is 9.10. The Labute approximate surface area is 165 Å². The number of anilines is 5. The van der Waals surface area contributed by atoms with Gasteiger partial charge in [0.25, 0.3) is 0 Å². The quantitative estimate of drug-likeness (QED) is 0.498. The monoisotopic (exact) mass is 427 g/mol. The molecule has 0 saturated carbocycles. The molecular formula is C19H18BrN5O2. The first kappa shape index (κ1) is 18.7. The van der Waals surface area contributed by atoms with Crippen LogP contribution in [0.15, 0.2) is 59.3 Å². The average molecular weight is 428 g/mol. The van der Waals surface area contributed by atoms with Gasteiger partial charge < -0.3 is 21.1 Å². The summed E-state index contributed by atoms with van der Waals surface area (Å²) in [5, 5.41) is 6.26. The van der Waals surface area contributed by atoms with Crippen molar-refractivity contribution in [3.05, 3.63) is 64.9 Å². The SMILES string of the molecule is CCOC(=O)c1ccccc1Nc1ncnc(Nc2ccccc2Br)c1N. The van der Waals surface area contributed by atoms with E-state index in [4.69, 9.17) is 10.5 Å². The van der Waals surface area contributed by atoms with Gasteiger partial charge in [-0.1, -0.05) is 24.3 Å². The third-order valence-electron chi connectivity index (χ3n) is 3.69. The molecule has 1 heterocycles. The standard InChI is InChI=1S/C19H18BrN5O2/c1-2-27-19(26)12-7-3-5-9-14(12)24-17-16(21)18(23-11-22-17)25-15-10-6-4-8-13(15)20/h3-11H,2,21H2,1H3,(H2,22,23,24,25). The van der Waals surface area contributed by atoms with Crippen LogP contribution in [0.5, 0.6) is 0 Å². The first-order chi connectivity index (χ1) is 13.1. The van der Waals surface area contributed by atoms with Crippen molar-refractivity contribution >= 4 is 50.6 Å². The lowest BCUT2D eigenvalue weighted by atomic mass is 10.2. The molecule has 3 aromatic rings. The summed E-state index contributed by atoms with van der Waals surface area (Å²) in [6.45, 7) is 2.05. The molecule has 4 N–H and O–H groups in total. The lowest BCUT2D eigenvalue weighted by Gasteiger charge is -2.15. The van der Waals surface area contributed by atoms with Crippen molar-refractivity contribution in [2.75, 3.05) is 23.0 Å². The Bertz CT molecular complexity index is 964. The van der Waals surface area contributed by atoms with Crippen LogP contribution in [0.2, 0.25) is 0 Å². The number of carbonyl (C=O) groups is 1. The molecule has 0 aliphatic carbocycles. The Hall–Kier alpha value is -3.13. The Morgan fingerprint density at radius 2 is 1.63 bits per heavy atom. The second-order valence-electron chi connectivity index (χ2n) is 5.48. The number of hydrogen-bond acceptors (Lipinski definition) is 7. The fraction of sp³-hybridized carbons (Fsp3) is 0.105. The zero-order valence-electron chi connectivity index (χ0n) is 14.6. The Kier molecular flexibility index (Phi) is 5.87. The van der Waals surface area contributed by atoms with E-state index >= 15 is 0 Å². The van der Waals surface area contributed by atoms with Crippen molar-refractivity contribution in [1.29, 1.82) is 0 Å². The zero-order chi connectivity index (χ0) is 19.2. The van der Waals surface area contributed by atoms with Crippen LogP contribution in [0.1, 0.15) is 17.3 Å². The number of nitrogens with zero attached hydrogens (tertiary/aromatic N) is 2. The Morgan fingerprint density at radius 1 is 1.04 bits per heavy atom. The highest BCUT2D eigenvalue weighted by atomic mass is 79.9. The minimum atomic E-state index is -0.417. The summed E-state index contributed by atoms with van der Waals surface area (Å²) in [7, 11) is 0. The number of nitrogen functional groups attached to an aromatic ring is 1. The normalized spacial score (nSPS) is 10.3. The van der Waals surface area contributed by atoms with Crippen LogP contribution in [0.3, 0.4) is 0 Å². The van der Waals surface area contributed by atoms with Crippen LogP contribution in [-0.4, -0.2) is 22.5 Å². The van der Waals surface area contributed by atoms with Crippen LogP contribution in [0.25, 0.3) is 0 Å². The van der Waals surface area contributed by atoms with Gasteiger partial charge in [-0.2, -0.15) is 0 Å². The predicted octanol–water partition coefficient (Wildman–Crippen LogP) is 4.49. The molecule has 0 saturated heterocycles. The maximum absolute atomic E-state index is 12.1. The highest BCUT2D eigenvalue weighted by Gasteiger charge is 2.15. The van der Waals surface area contributed by atoms with Crippen molar-refractivity contribution in [2.24, 2.45) is 0 Å². The summed E-state index contributed by atoms with van der Waals surface area (Å²) < 4.78 is 5.97. The van der Waals surface area contributed by atoms with E-state index in [9.17, 15) is 4.79 Å². The minimum Gasteiger partial charge on any atom is -0.462 e. The van der Waals surface area contributed by atoms with Gasteiger partial charge in [-0.25, -0.2) is 14.8 Å². The van der Waals surface area contributed by atoms with Crippen LogP contribution in [0.4, 0.5) is 28.7 Å². The molecule has 138 valence electrons. The third-order valence-corrected chi connectivity index (χ3v) is 4.38.